The Morgan fingerprint density at radius 2 is 1.28 bits per heavy atom. The van der Waals surface area contributed by atoms with E-state index < -0.39 is 91.2 Å². The molecule has 0 fully saturated rings. The van der Waals surface area contributed by atoms with E-state index in [9.17, 15) is 38.7 Å². The molecule has 0 saturated carbocycles. The van der Waals surface area contributed by atoms with E-state index in [2.05, 4.69) is 26.6 Å². The number of aliphatic hydroxyl groups excluding tert-OH is 1. The van der Waals surface area contributed by atoms with Crippen LogP contribution in [0.5, 0.6) is 0 Å². The van der Waals surface area contributed by atoms with Gasteiger partial charge in [0.15, 0.2) is 0 Å². The molecule has 0 heterocycles. The average Bonchev–Trinajstić information content (AvgIpc) is 2.79. The molecule has 0 radical (unpaired) electrons. The summed E-state index contributed by atoms with van der Waals surface area (Å²) in [6, 6.07) is -3.66. The zero-order valence-corrected chi connectivity index (χ0v) is 20.3. The molecule has 0 aliphatic carbocycles. The number of aliphatic hydroxyl groups is 1. The lowest BCUT2D eigenvalue weighted by atomic mass is 10.0. The van der Waals surface area contributed by atoms with Crippen LogP contribution in [-0.4, -0.2) is 95.5 Å². The van der Waals surface area contributed by atoms with Gasteiger partial charge in [0.1, 0.15) is 18.1 Å². The predicted molar refractivity (Wildman–Crippen MR) is 123 cm³/mol. The van der Waals surface area contributed by atoms with Gasteiger partial charge in [-0.2, -0.15) is 0 Å². The highest BCUT2D eigenvalue weighted by atomic mass is 16.4. The SMILES string of the molecule is CC(C)[C@H](NC(=O)CNC(=O)[C@@H](N)[C@@H](C)O)C(=O)NCC(=O)NCC(=O)N[C@@H](CCC(N)=O)C(=O)O. The molecule has 0 unspecified atom stereocenters. The number of primary amides is 1. The topological polar surface area (TPSA) is 272 Å². The summed E-state index contributed by atoms with van der Waals surface area (Å²) in [5.74, 6) is -6.29. The largest absolute Gasteiger partial charge is 0.480 e. The van der Waals surface area contributed by atoms with Gasteiger partial charge in [0.05, 0.1) is 25.7 Å². The van der Waals surface area contributed by atoms with E-state index in [1.54, 1.807) is 13.8 Å². The fraction of sp³-hybridized carbons (Fsp3) is 0.650. The second-order valence-corrected chi connectivity index (χ2v) is 8.23. The smallest absolute Gasteiger partial charge is 0.326 e. The molecule has 204 valence electrons. The third-order valence-corrected chi connectivity index (χ3v) is 4.69. The molecule has 0 aromatic carbocycles. The van der Waals surface area contributed by atoms with Crippen LogP contribution < -0.4 is 38.1 Å². The van der Waals surface area contributed by atoms with Gasteiger partial charge in [-0.05, 0) is 19.3 Å². The van der Waals surface area contributed by atoms with Gasteiger partial charge in [-0.25, -0.2) is 4.79 Å². The van der Waals surface area contributed by atoms with Gasteiger partial charge in [0.2, 0.25) is 35.4 Å². The van der Waals surface area contributed by atoms with Crippen molar-refractivity contribution in [3.05, 3.63) is 0 Å². The molecule has 0 aliphatic rings. The molecule has 0 aliphatic heterocycles. The average molecular weight is 518 g/mol. The molecule has 16 nitrogen and oxygen atoms in total. The summed E-state index contributed by atoms with van der Waals surface area (Å²) < 4.78 is 0. The highest BCUT2D eigenvalue weighted by Crippen LogP contribution is 2.02. The Morgan fingerprint density at radius 3 is 1.78 bits per heavy atom. The minimum Gasteiger partial charge on any atom is -0.480 e. The van der Waals surface area contributed by atoms with Crippen LogP contribution in [0.25, 0.3) is 0 Å². The van der Waals surface area contributed by atoms with Gasteiger partial charge >= 0.3 is 5.97 Å². The van der Waals surface area contributed by atoms with Crippen LogP contribution >= 0.6 is 0 Å². The molecule has 0 rings (SSSR count). The molecule has 4 atom stereocenters. The van der Waals surface area contributed by atoms with Gasteiger partial charge in [-0.15, -0.1) is 0 Å². The van der Waals surface area contributed by atoms with Gasteiger partial charge < -0.3 is 48.3 Å². The first kappa shape index (κ1) is 32.2. The summed E-state index contributed by atoms with van der Waals surface area (Å²) in [6.07, 6.45) is -1.61. The summed E-state index contributed by atoms with van der Waals surface area (Å²) in [6.45, 7) is 2.94. The number of amides is 6. The van der Waals surface area contributed by atoms with Crippen molar-refractivity contribution < 1.29 is 43.8 Å². The van der Waals surface area contributed by atoms with E-state index in [1.165, 1.54) is 6.92 Å². The van der Waals surface area contributed by atoms with Gasteiger partial charge in [-0.3, -0.25) is 28.8 Å². The van der Waals surface area contributed by atoms with Crippen molar-refractivity contribution in [3.8, 4) is 0 Å². The third kappa shape index (κ3) is 13.2. The first-order chi connectivity index (χ1) is 16.6. The normalized spacial score (nSPS) is 13.9. The zero-order chi connectivity index (χ0) is 28.0. The molecular weight excluding hydrogens is 482 g/mol. The van der Waals surface area contributed by atoms with Crippen LogP contribution in [0.2, 0.25) is 0 Å². The van der Waals surface area contributed by atoms with E-state index in [1.807, 2.05) is 0 Å². The van der Waals surface area contributed by atoms with Crippen molar-refractivity contribution in [2.75, 3.05) is 19.6 Å². The minimum absolute atomic E-state index is 0.222. The second kappa shape index (κ2) is 16.0. The van der Waals surface area contributed by atoms with Crippen molar-refractivity contribution in [2.45, 2.75) is 57.8 Å². The summed E-state index contributed by atoms with van der Waals surface area (Å²) in [4.78, 5) is 81.9. The summed E-state index contributed by atoms with van der Waals surface area (Å²) in [7, 11) is 0. The van der Waals surface area contributed by atoms with E-state index in [4.69, 9.17) is 16.6 Å². The lowest BCUT2D eigenvalue weighted by Crippen LogP contribution is -2.55. The van der Waals surface area contributed by atoms with Crippen molar-refractivity contribution in [1.82, 2.24) is 26.6 Å². The number of nitrogens with one attached hydrogen (secondary N) is 5. The van der Waals surface area contributed by atoms with Gasteiger partial charge in [-0.1, -0.05) is 13.8 Å². The summed E-state index contributed by atoms with van der Waals surface area (Å²) in [5.41, 5.74) is 10.4. The molecule has 0 aromatic heterocycles. The van der Waals surface area contributed by atoms with Crippen LogP contribution in [0.1, 0.15) is 33.6 Å². The Hall–Kier alpha value is -3.79. The number of rotatable bonds is 16. The van der Waals surface area contributed by atoms with E-state index in [-0.39, 0.29) is 12.8 Å². The molecule has 0 bridgehead atoms. The lowest BCUT2D eigenvalue weighted by molar-refractivity contribution is -0.142. The quantitative estimate of drug-likeness (QED) is 0.0940. The monoisotopic (exact) mass is 517 g/mol. The van der Waals surface area contributed by atoms with Crippen molar-refractivity contribution in [3.63, 3.8) is 0 Å². The van der Waals surface area contributed by atoms with E-state index >= 15 is 0 Å². The van der Waals surface area contributed by atoms with Gasteiger partial charge in [0, 0.05) is 6.42 Å². The number of aliphatic carboxylic acids is 1. The highest BCUT2D eigenvalue weighted by molar-refractivity contribution is 5.93. The predicted octanol–water partition coefficient (Wildman–Crippen LogP) is -4.98. The lowest BCUT2D eigenvalue weighted by Gasteiger charge is -2.22. The van der Waals surface area contributed by atoms with Crippen molar-refractivity contribution in [2.24, 2.45) is 17.4 Å². The Kier molecular flexibility index (Phi) is 14.3. The molecule has 0 spiro atoms. The van der Waals surface area contributed by atoms with Crippen LogP contribution in [0.3, 0.4) is 0 Å². The molecule has 0 aromatic rings. The second-order valence-electron chi connectivity index (χ2n) is 8.23. The van der Waals surface area contributed by atoms with Crippen LogP contribution in [0.15, 0.2) is 0 Å². The molecular formula is C20H35N7O9. The fourth-order valence-electron chi connectivity index (χ4n) is 2.57. The summed E-state index contributed by atoms with van der Waals surface area (Å²) in [5, 5.41) is 29.6. The van der Waals surface area contributed by atoms with Crippen LogP contribution in [-0.2, 0) is 33.6 Å². The Morgan fingerprint density at radius 1 is 0.778 bits per heavy atom. The minimum atomic E-state index is -1.38. The summed E-state index contributed by atoms with van der Waals surface area (Å²) >= 11 is 0. The Bertz CT molecular complexity index is 832. The van der Waals surface area contributed by atoms with Gasteiger partial charge in [0.25, 0.3) is 0 Å². The third-order valence-electron chi connectivity index (χ3n) is 4.69. The maximum absolute atomic E-state index is 12.4. The Balaban J connectivity index is 4.60. The Labute approximate surface area is 207 Å². The number of carboxylic acid groups (broad SMARTS) is 1. The maximum Gasteiger partial charge on any atom is 0.326 e. The number of carbonyl (C=O) groups is 7. The van der Waals surface area contributed by atoms with E-state index in [0.717, 1.165) is 0 Å². The number of nitrogens with two attached hydrogens (primary N) is 2. The van der Waals surface area contributed by atoms with Crippen molar-refractivity contribution >= 4 is 41.4 Å². The molecule has 11 N–H and O–H groups in total. The molecule has 36 heavy (non-hydrogen) atoms. The van der Waals surface area contributed by atoms with Crippen LogP contribution in [0.4, 0.5) is 0 Å². The molecule has 6 amide bonds. The maximum atomic E-state index is 12.4. The van der Waals surface area contributed by atoms with Crippen LogP contribution in [0, 0.1) is 5.92 Å². The molecule has 16 heteroatoms. The number of carbonyl (C=O) groups excluding carboxylic acids is 6. The number of hydrogen-bond acceptors (Lipinski definition) is 9. The first-order valence-corrected chi connectivity index (χ1v) is 11.0. The first-order valence-electron chi connectivity index (χ1n) is 11.0. The number of hydrogen-bond donors (Lipinski definition) is 9. The standard InChI is InChI=1S/C20H35N7O9/c1-9(2)17(27-15(32)8-24-18(33)16(22)10(3)28)19(34)25-6-13(30)23-7-14(31)26-11(20(35)36)4-5-12(21)29/h9-11,16-17,28H,4-8,22H2,1-3H3,(H2,21,29)(H,23,30)(H,24,33)(H,25,34)(H,26,31)(H,27,32)(H,35,36)/t10-,11+,16+,17+/m1/s1. The highest BCUT2D eigenvalue weighted by Gasteiger charge is 2.26. The molecule has 0 saturated heterocycles. The number of carboxylic acids is 1. The van der Waals surface area contributed by atoms with Crippen molar-refractivity contribution in [1.29, 1.82) is 0 Å². The van der Waals surface area contributed by atoms with E-state index in [0.29, 0.717) is 0 Å². The zero-order valence-electron chi connectivity index (χ0n) is 20.3. The fourth-order valence-corrected chi connectivity index (χ4v) is 2.57.